The number of esters is 1. The van der Waals surface area contributed by atoms with Crippen LogP contribution in [0.2, 0.25) is 0 Å². The molecule has 0 bridgehead atoms. The number of fused-ring (bicyclic) bond motifs is 1. The van der Waals surface area contributed by atoms with Crippen molar-refractivity contribution in [1.29, 1.82) is 0 Å². The van der Waals surface area contributed by atoms with E-state index in [1.54, 1.807) is 18.2 Å². The fourth-order valence-electron chi connectivity index (χ4n) is 3.46. The molecule has 3 rings (SSSR count). The van der Waals surface area contributed by atoms with Crippen LogP contribution in [0.3, 0.4) is 0 Å². The number of nitrogens with zero attached hydrogens (tertiary/aromatic N) is 2. The molecular weight excluding hydrogens is 406 g/mol. The Kier molecular flexibility index (Phi) is 6.40. The van der Waals surface area contributed by atoms with Crippen LogP contribution in [-0.2, 0) is 26.1 Å². The van der Waals surface area contributed by atoms with Gasteiger partial charge in [0.1, 0.15) is 5.84 Å². The number of carbonyl (C=O) groups excluding carboxylic acids is 2. The van der Waals surface area contributed by atoms with Gasteiger partial charge in [0.2, 0.25) is 5.78 Å². The number of aromatic nitrogens is 1. The summed E-state index contributed by atoms with van der Waals surface area (Å²) in [5, 5.41) is 0. The SMILES string of the molecule is CCCn1c(C)cc(C(=O)COC(=O)CCN=C2NS(=O)(=O)c3ccccc32)c1C. The monoisotopic (exact) mass is 431 g/mol. The maximum atomic E-state index is 12.4. The summed E-state index contributed by atoms with van der Waals surface area (Å²) in [6.45, 7) is 6.44. The number of aliphatic imine (C=N–C) groups is 1. The van der Waals surface area contributed by atoms with Gasteiger partial charge in [-0.1, -0.05) is 19.1 Å². The minimum absolute atomic E-state index is 0.0459. The number of benzene rings is 1. The van der Waals surface area contributed by atoms with Gasteiger partial charge in [-0.2, -0.15) is 0 Å². The predicted octanol–water partition coefficient (Wildman–Crippen LogP) is 2.37. The number of Topliss-reactive ketones (excluding diaryl/α,β-unsaturated/α-hetero) is 1. The number of nitrogens with one attached hydrogen (secondary N) is 1. The number of ketones is 1. The Morgan fingerprint density at radius 1 is 1.20 bits per heavy atom. The lowest BCUT2D eigenvalue weighted by molar-refractivity contribution is -0.142. The van der Waals surface area contributed by atoms with E-state index in [4.69, 9.17) is 4.74 Å². The maximum Gasteiger partial charge on any atom is 0.308 e. The van der Waals surface area contributed by atoms with Crippen molar-refractivity contribution < 1.29 is 22.7 Å². The molecule has 0 amide bonds. The Balaban J connectivity index is 1.55. The summed E-state index contributed by atoms with van der Waals surface area (Å²) in [5.74, 6) is -0.607. The van der Waals surface area contributed by atoms with Gasteiger partial charge in [-0.25, -0.2) is 8.42 Å². The van der Waals surface area contributed by atoms with Crippen LogP contribution in [-0.4, -0.2) is 43.7 Å². The molecule has 0 radical (unpaired) electrons. The average Bonchev–Trinajstić information content (AvgIpc) is 3.14. The van der Waals surface area contributed by atoms with Gasteiger partial charge >= 0.3 is 5.97 Å². The third kappa shape index (κ3) is 4.46. The van der Waals surface area contributed by atoms with Gasteiger partial charge in [0, 0.05) is 29.1 Å². The van der Waals surface area contributed by atoms with Gasteiger partial charge in [-0.05, 0) is 38.5 Å². The molecule has 0 spiro atoms. The molecule has 0 aliphatic carbocycles. The molecule has 0 fully saturated rings. The lowest BCUT2D eigenvalue weighted by Gasteiger charge is -2.08. The highest BCUT2D eigenvalue weighted by atomic mass is 32.2. The predicted molar refractivity (Wildman–Crippen MR) is 112 cm³/mol. The summed E-state index contributed by atoms with van der Waals surface area (Å²) in [5.41, 5.74) is 2.91. The van der Waals surface area contributed by atoms with Crippen molar-refractivity contribution in [2.24, 2.45) is 4.99 Å². The highest BCUT2D eigenvalue weighted by molar-refractivity contribution is 7.90. The van der Waals surface area contributed by atoms with Gasteiger partial charge in [0.15, 0.2) is 6.61 Å². The van der Waals surface area contributed by atoms with E-state index in [-0.39, 0.29) is 36.1 Å². The Morgan fingerprint density at radius 3 is 2.67 bits per heavy atom. The smallest absolute Gasteiger partial charge is 0.308 e. The lowest BCUT2D eigenvalue weighted by Crippen LogP contribution is -2.22. The number of aryl methyl sites for hydroxylation is 1. The quantitative estimate of drug-likeness (QED) is 0.510. The highest BCUT2D eigenvalue weighted by Gasteiger charge is 2.30. The third-order valence-corrected chi connectivity index (χ3v) is 6.33. The first-order chi connectivity index (χ1) is 14.2. The zero-order valence-corrected chi connectivity index (χ0v) is 18.1. The van der Waals surface area contributed by atoms with Crippen LogP contribution in [0, 0.1) is 13.8 Å². The molecular formula is C21H25N3O5S. The summed E-state index contributed by atoms with van der Waals surface area (Å²) >= 11 is 0. The zero-order valence-electron chi connectivity index (χ0n) is 17.3. The number of rotatable bonds is 8. The number of ether oxygens (including phenoxy) is 1. The van der Waals surface area contributed by atoms with Gasteiger partial charge in [-0.3, -0.25) is 19.3 Å². The van der Waals surface area contributed by atoms with Crippen molar-refractivity contribution in [3.05, 3.63) is 52.8 Å². The van der Waals surface area contributed by atoms with Gasteiger partial charge in [0.25, 0.3) is 10.0 Å². The van der Waals surface area contributed by atoms with Crippen LogP contribution in [0.5, 0.6) is 0 Å². The van der Waals surface area contributed by atoms with Crippen LogP contribution in [0.15, 0.2) is 40.2 Å². The molecule has 1 aliphatic heterocycles. The van der Waals surface area contributed by atoms with Crippen molar-refractivity contribution in [2.75, 3.05) is 13.2 Å². The molecule has 9 heteroatoms. The summed E-state index contributed by atoms with van der Waals surface area (Å²) in [4.78, 5) is 28.8. The molecule has 0 saturated carbocycles. The van der Waals surface area contributed by atoms with Crippen molar-refractivity contribution in [3.8, 4) is 0 Å². The molecule has 0 saturated heterocycles. The van der Waals surface area contributed by atoms with Crippen LogP contribution in [0.4, 0.5) is 0 Å². The maximum absolute atomic E-state index is 12.4. The topological polar surface area (TPSA) is 107 Å². The van der Waals surface area contributed by atoms with Crippen LogP contribution < -0.4 is 4.72 Å². The Hall–Kier alpha value is -2.94. The second-order valence-corrected chi connectivity index (χ2v) is 8.75. The van der Waals surface area contributed by atoms with E-state index in [2.05, 4.69) is 21.2 Å². The van der Waals surface area contributed by atoms with Crippen molar-refractivity contribution in [1.82, 2.24) is 9.29 Å². The van der Waals surface area contributed by atoms with E-state index in [0.717, 1.165) is 24.4 Å². The van der Waals surface area contributed by atoms with E-state index in [1.165, 1.54) is 6.07 Å². The normalized spacial score (nSPS) is 15.6. The van der Waals surface area contributed by atoms with E-state index in [1.807, 2.05) is 19.9 Å². The van der Waals surface area contributed by atoms with Gasteiger partial charge < -0.3 is 9.30 Å². The molecule has 0 atom stereocenters. The molecule has 0 unspecified atom stereocenters. The summed E-state index contributed by atoms with van der Waals surface area (Å²) in [6, 6.07) is 8.31. The molecule has 1 aliphatic rings. The van der Waals surface area contributed by atoms with Crippen molar-refractivity contribution in [3.63, 3.8) is 0 Å². The number of hydrogen-bond acceptors (Lipinski definition) is 6. The van der Waals surface area contributed by atoms with E-state index < -0.39 is 16.0 Å². The molecule has 8 nitrogen and oxygen atoms in total. The first-order valence-corrected chi connectivity index (χ1v) is 11.2. The van der Waals surface area contributed by atoms with Crippen molar-refractivity contribution >= 4 is 27.6 Å². The molecule has 2 heterocycles. The fourth-order valence-corrected chi connectivity index (χ4v) is 4.71. The molecule has 160 valence electrons. The summed E-state index contributed by atoms with van der Waals surface area (Å²) < 4.78 is 33.6. The largest absolute Gasteiger partial charge is 0.457 e. The Labute approximate surface area is 176 Å². The number of hydrogen-bond donors (Lipinski definition) is 1. The number of amidine groups is 1. The standard InChI is InChI=1S/C21H25N3O5S/c1-4-11-24-14(2)12-17(15(24)3)18(25)13-29-20(26)9-10-22-21-16-7-5-6-8-19(16)30(27,28)23-21/h5-8,12H,4,9-11,13H2,1-3H3,(H,22,23). The third-order valence-electron chi connectivity index (χ3n) is 4.93. The molecule has 1 aromatic heterocycles. The van der Waals surface area contributed by atoms with Gasteiger partial charge in [0.05, 0.1) is 17.9 Å². The van der Waals surface area contributed by atoms with Crippen LogP contribution in [0.1, 0.15) is 47.1 Å². The van der Waals surface area contributed by atoms with Crippen LogP contribution >= 0.6 is 0 Å². The minimum atomic E-state index is -3.61. The van der Waals surface area contributed by atoms with E-state index >= 15 is 0 Å². The van der Waals surface area contributed by atoms with Crippen molar-refractivity contribution in [2.45, 2.75) is 45.1 Å². The molecule has 30 heavy (non-hydrogen) atoms. The first kappa shape index (κ1) is 21.8. The second-order valence-electron chi connectivity index (χ2n) is 7.10. The molecule has 2 aromatic rings. The number of sulfonamides is 1. The average molecular weight is 432 g/mol. The Bertz CT molecular complexity index is 1120. The van der Waals surface area contributed by atoms with E-state index in [9.17, 15) is 18.0 Å². The summed E-state index contributed by atoms with van der Waals surface area (Å²) in [6.07, 6.45) is 0.900. The highest BCUT2D eigenvalue weighted by Crippen LogP contribution is 2.22. The van der Waals surface area contributed by atoms with Crippen LogP contribution in [0.25, 0.3) is 0 Å². The second kappa shape index (κ2) is 8.83. The molecule has 1 aromatic carbocycles. The van der Waals surface area contributed by atoms with E-state index in [0.29, 0.717) is 11.1 Å². The zero-order chi connectivity index (χ0) is 21.9. The molecule has 1 N–H and O–H groups in total. The first-order valence-electron chi connectivity index (χ1n) is 9.76. The minimum Gasteiger partial charge on any atom is -0.457 e. The lowest BCUT2D eigenvalue weighted by atomic mass is 10.1. The summed E-state index contributed by atoms with van der Waals surface area (Å²) in [7, 11) is -3.61. The Morgan fingerprint density at radius 2 is 1.93 bits per heavy atom. The fraction of sp³-hybridized carbons (Fsp3) is 0.381. The van der Waals surface area contributed by atoms with Gasteiger partial charge in [-0.15, -0.1) is 0 Å². The number of carbonyl (C=O) groups is 2.